The Kier molecular flexibility index (Phi) is 5.46. The standard InChI is InChI=1S/C16H19FN4O2/c1-11-9-14(20-21(11)2)16(23)19-10-15(22)18-8-7-12-3-5-13(17)6-4-12/h3-6,9H,7-8,10H2,1-2H3,(H,18,22)(H,19,23). The molecule has 0 aliphatic heterocycles. The smallest absolute Gasteiger partial charge is 0.272 e. The van der Waals surface area contributed by atoms with Gasteiger partial charge < -0.3 is 10.6 Å². The van der Waals surface area contributed by atoms with E-state index in [2.05, 4.69) is 15.7 Å². The van der Waals surface area contributed by atoms with E-state index in [0.717, 1.165) is 11.3 Å². The number of hydrogen-bond donors (Lipinski definition) is 2. The highest BCUT2D eigenvalue weighted by Gasteiger charge is 2.11. The van der Waals surface area contributed by atoms with Gasteiger partial charge in [0.1, 0.15) is 11.5 Å². The lowest BCUT2D eigenvalue weighted by molar-refractivity contribution is -0.120. The van der Waals surface area contributed by atoms with E-state index in [9.17, 15) is 14.0 Å². The summed E-state index contributed by atoms with van der Waals surface area (Å²) in [4.78, 5) is 23.5. The third-order valence-electron chi connectivity index (χ3n) is 3.41. The van der Waals surface area contributed by atoms with Crippen LogP contribution in [0.4, 0.5) is 4.39 Å². The Morgan fingerprint density at radius 1 is 1.22 bits per heavy atom. The molecule has 2 amide bonds. The van der Waals surface area contributed by atoms with Crippen LogP contribution in [0.25, 0.3) is 0 Å². The van der Waals surface area contributed by atoms with Gasteiger partial charge >= 0.3 is 0 Å². The molecular weight excluding hydrogens is 299 g/mol. The van der Waals surface area contributed by atoms with E-state index < -0.39 is 0 Å². The Morgan fingerprint density at radius 2 is 1.91 bits per heavy atom. The molecule has 0 atom stereocenters. The van der Waals surface area contributed by atoms with Crippen LogP contribution in [0.15, 0.2) is 30.3 Å². The van der Waals surface area contributed by atoms with Gasteiger partial charge in [0.15, 0.2) is 0 Å². The van der Waals surface area contributed by atoms with Crippen molar-refractivity contribution in [1.29, 1.82) is 0 Å². The molecule has 0 aliphatic rings. The molecule has 0 saturated carbocycles. The molecule has 0 fully saturated rings. The van der Waals surface area contributed by atoms with Gasteiger partial charge in [-0.15, -0.1) is 0 Å². The largest absolute Gasteiger partial charge is 0.354 e. The molecule has 2 N–H and O–H groups in total. The van der Waals surface area contributed by atoms with Crippen molar-refractivity contribution in [3.8, 4) is 0 Å². The first-order valence-corrected chi connectivity index (χ1v) is 7.25. The number of carbonyl (C=O) groups excluding carboxylic acids is 2. The van der Waals surface area contributed by atoms with Crippen molar-refractivity contribution in [2.24, 2.45) is 7.05 Å². The molecule has 2 aromatic rings. The minimum atomic E-state index is -0.387. The second kappa shape index (κ2) is 7.53. The zero-order valence-corrected chi connectivity index (χ0v) is 13.1. The Bertz CT molecular complexity index is 675. The fourth-order valence-electron chi connectivity index (χ4n) is 1.98. The van der Waals surface area contributed by atoms with E-state index >= 15 is 0 Å². The van der Waals surface area contributed by atoms with Crippen LogP contribution in [0.5, 0.6) is 0 Å². The van der Waals surface area contributed by atoms with Crippen molar-refractivity contribution in [3.05, 3.63) is 53.1 Å². The predicted octanol–water partition coefficient (Wildman–Crippen LogP) is 0.956. The summed E-state index contributed by atoms with van der Waals surface area (Å²) < 4.78 is 14.4. The first kappa shape index (κ1) is 16.7. The van der Waals surface area contributed by atoms with E-state index in [0.29, 0.717) is 13.0 Å². The van der Waals surface area contributed by atoms with Gasteiger partial charge in [0.05, 0.1) is 6.54 Å². The number of nitrogens with zero attached hydrogens (tertiary/aromatic N) is 2. The molecule has 0 radical (unpaired) electrons. The third kappa shape index (κ3) is 4.91. The normalized spacial score (nSPS) is 10.4. The summed E-state index contributed by atoms with van der Waals surface area (Å²) >= 11 is 0. The number of benzene rings is 1. The Balaban J connectivity index is 1.70. The maximum absolute atomic E-state index is 12.8. The second-order valence-corrected chi connectivity index (χ2v) is 5.20. The van der Waals surface area contributed by atoms with Crippen molar-refractivity contribution in [2.45, 2.75) is 13.3 Å². The number of amides is 2. The molecular formula is C16H19FN4O2. The number of carbonyl (C=O) groups is 2. The minimum absolute atomic E-state index is 0.113. The molecule has 23 heavy (non-hydrogen) atoms. The van der Waals surface area contributed by atoms with E-state index in [1.807, 2.05) is 6.92 Å². The highest BCUT2D eigenvalue weighted by atomic mass is 19.1. The number of hydrogen-bond acceptors (Lipinski definition) is 3. The highest BCUT2D eigenvalue weighted by molar-refractivity contribution is 5.94. The summed E-state index contributed by atoms with van der Waals surface area (Å²) in [5.74, 6) is -0.958. The number of rotatable bonds is 6. The molecule has 7 heteroatoms. The number of nitrogens with one attached hydrogen (secondary N) is 2. The molecule has 0 saturated heterocycles. The van der Waals surface area contributed by atoms with E-state index in [-0.39, 0.29) is 29.9 Å². The Hall–Kier alpha value is -2.70. The summed E-state index contributed by atoms with van der Waals surface area (Å²) in [7, 11) is 1.74. The summed E-state index contributed by atoms with van der Waals surface area (Å²) in [5.41, 5.74) is 2.07. The lowest BCUT2D eigenvalue weighted by atomic mass is 10.1. The summed E-state index contributed by atoms with van der Waals surface area (Å²) in [5, 5.41) is 9.25. The monoisotopic (exact) mass is 318 g/mol. The zero-order chi connectivity index (χ0) is 16.8. The van der Waals surface area contributed by atoms with Crippen molar-refractivity contribution in [2.75, 3.05) is 13.1 Å². The third-order valence-corrected chi connectivity index (χ3v) is 3.41. The molecule has 1 aromatic carbocycles. The van der Waals surface area contributed by atoms with Gasteiger partial charge in [-0.3, -0.25) is 14.3 Å². The molecule has 1 aromatic heterocycles. The van der Waals surface area contributed by atoms with E-state index in [1.54, 1.807) is 29.9 Å². The molecule has 0 unspecified atom stereocenters. The average Bonchev–Trinajstić information content (AvgIpc) is 2.86. The summed E-state index contributed by atoms with van der Waals surface area (Å²) in [6.45, 7) is 2.15. The van der Waals surface area contributed by atoms with Crippen LogP contribution in [0.1, 0.15) is 21.7 Å². The molecule has 0 spiro atoms. The minimum Gasteiger partial charge on any atom is -0.354 e. The maximum atomic E-state index is 12.8. The number of halogens is 1. The van der Waals surface area contributed by atoms with Crippen molar-refractivity contribution >= 4 is 11.8 Å². The summed E-state index contributed by atoms with van der Waals surface area (Å²) in [6, 6.07) is 7.76. The van der Waals surface area contributed by atoms with E-state index in [4.69, 9.17) is 0 Å². The Morgan fingerprint density at radius 3 is 2.52 bits per heavy atom. The fraction of sp³-hybridized carbons (Fsp3) is 0.312. The van der Waals surface area contributed by atoms with Crippen molar-refractivity contribution < 1.29 is 14.0 Å². The molecule has 0 bridgehead atoms. The van der Waals surface area contributed by atoms with Crippen LogP contribution in [0.2, 0.25) is 0 Å². The van der Waals surface area contributed by atoms with Gasteiger partial charge in [-0.2, -0.15) is 5.10 Å². The maximum Gasteiger partial charge on any atom is 0.272 e. The van der Waals surface area contributed by atoms with Gasteiger partial charge in [-0.05, 0) is 37.1 Å². The second-order valence-electron chi connectivity index (χ2n) is 5.20. The van der Waals surface area contributed by atoms with E-state index in [1.165, 1.54) is 12.1 Å². The molecule has 6 nitrogen and oxygen atoms in total. The summed E-state index contributed by atoms with van der Waals surface area (Å²) in [6.07, 6.45) is 0.597. The molecule has 0 aliphatic carbocycles. The van der Waals surface area contributed by atoms with Gasteiger partial charge in [0, 0.05) is 19.3 Å². The number of aryl methyl sites for hydroxylation is 2. The van der Waals surface area contributed by atoms with Gasteiger partial charge in [-0.25, -0.2) is 4.39 Å². The van der Waals surface area contributed by atoms with Gasteiger partial charge in [0.2, 0.25) is 5.91 Å². The SMILES string of the molecule is Cc1cc(C(=O)NCC(=O)NCCc2ccc(F)cc2)nn1C. The quantitative estimate of drug-likeness (QED) is 0.833. The lowest BCUT2D eigenvalue weighted by Gasteiger charge is -2.06. The van der Waals surface area contributed by atoms with Gasteiger partial charge in [-0.1, -0.05) is 12.1 Å². The van der Waals surface area contributed by atoms with Crippen LogP contribution in [0.3, 0.4) is 0 Å². The van der Waals surface area contributed by atoms with Crippen LogP contribution >= 0.6 is 0 Å². The highest BCUT2D eigenvalue weighted by Crippen LogP contribution is 2.03. The average molecular weight is 318 g/mol. The first-order valence-electron chi connectivity index (χ1n) is 7.25. The fourth-order valence-corrected chi connectivity index (χ4v) is 1.98. The molecule has 2 rings (SSSR count). The van der Waals surface area contributed by atoms with Crippen molar-refractivity contribution in [3.63, 3.8) is 0 Å². The van der Waals surface area contributed by atoms with Crippen LogP contribution in [0, 0.1) is 12.7 Å². The van der Waals surface area contributed by atoms with Crippen LogP contribution in [-0.4, -0.2) is 34.7 Å². The molecule has 1 heterocycles. The van der Waals surface area contributed by atoms with Crippen LogP contribution in [-0.2, 0) is 18.3 Å². The zero-order valence-electron chi connectivity index (χ0n) is 13.1. The van der Waals surface area contributed by atoms with Crippen molar-refractivity contribution in [1.82, 2.24) is 20.4 Å². The first-order chi connectivity index (χ1) is 11.0. The van der Waals surface area contributed by atoms with Gasteiger partial charge in [0.25, 0.3) is 5.91 Å². The predicted molar refractivity (Wildman–Crippen MR) is 83.4 cm³/mol. The molecule has 122 valence electrons. The van der Waals surface area contributed by atoms with Crippen LogP contribution < -0.4 is 10.6 Å². The topological polar surface area (TPSA) is 76.0 Å². The number of aromatic nitrogens is 2. The Labute approximate surface area is 133 Å². The lowest BCUT2D eigenvalue weighted by Crippen LogP contribution is -2.37.